The van der Waals surface area contributed by atoms with E-state index < -0.39 is 0 Å². The molecule has 0 radical (unpaired) electrons. The van der Waals surface area contributed by atoms with Gasteiger partial charge >= 0.3 is 0 Å². The average molecular weight is 217 g/mol. The summed E-state index contributed by atoms with van der Waals surface area (Å²) < 4.78 is 11.0. The molecule has 0 aromatic rings. The lowest BCUT2D eigenvalue weighted by Gasteiger charge is -2.26. The quantitative estimate of drug-likeness (QED) is 0.742. The van der Waals surface area contributed by atoms with Crippen LogP contribution in [0.5, 0.6) is 0 Å². The van der Waals surface area contributed by atoms with Crippen LogP contribution in [0.1, 0.15) is 47.5 Å². The molecule has 3 nitrogen and oxygen atoms in total. The van der Waals surface area contributed by atoms with Crippen molar-refractivity contribution in [3.05, 3.63) is 0 Å². The number of hydrogen-bond donors (Lipinski definition) is 1. The molecule has 0 aromatic heterocycles. The molecule has 0 spiro atoms. The fourth-order valence-corrected chi connectivity index (χ4v) is 1.08. The second-order valence-electron chi connectivity index (χ2n) is 5.69. The first-order chi connectivity index (χ1) is 6.66. The van der Waals surface area contributed by atoms with Gasteiger partial charge in [0.15, 0.2) is 0 Å². The molecular weight excluding hydrogens is 190 g/mol. The van der Waals surface area contributed by atoms with Crippen LogP contribution in [0.3, 0.4) is 0 Å². The van der Waals surface area contributed by atoms with Crippen LogP contribution in [0.4, 0.5) is 0 Å². The highest BCUT2D eigenvalue weighted by molar-refractivity contribution is 4.73. The molecule has 1 atom stereocenters. The molecule has 0 fully saturated rings. The van der Waals surface area contributed by atoms with E-state index in [0.717, 1.165) is 12.8 Å². The van der Waals surface area contributed by atoms with Gasteiger partial charge in [0.05, 0.1) is 17.8 Å². The molecule has 0 aliphatic carbocycles. The van der Waals surface area contributed by atoms with Crippen molar-refractivity contribution >= 4 is 0 Å². The number of ether oxygens (including phenoxy) is 2. The van der Waals surface area contributed by atoms with Gasteiger partial charge in [0.1, 0.15) is 0 Å². The van der Waals surface area contributed by atoms with E-state index >= 15 is 0 Å². The zero-order valence-corrected chi connectivity index (χ0v) is 11.1. The SMILES string of the molecule is COC(C)(C)CCC(N)COC(C)(C)C. The highest BCUT2D eigenvalue weighted by atomic mass is 16.5. The van der Waals surface area contributed by atoms with E-state index in [-0.39, 0.29) is 17.2 Å². The summed E-state index contributed by atoms with van der Waals surface area (Å²) in [5.74, 6) is 0. The second kappa shape index (κ2) is 5.83. The molecule has 92 valence electrons. The van der Waals surface area contributed by atoms with E-state index in [4.69, 9.17) is 15.2 Å². The third-order valence-electron chi connectivity index (χ3n) is 2.40. The maximum atomic E-state index is 5.96. The second-order valence-corrected chi connectivity index (χ2v) is 5.69. The molecule has 3 heteroatoms. The first kappa shape index (κ1) is 14.9. The third-order valence-corrected chi connectivity index (χ3v) is 2.40. The van der Waals surface area contributed by atoms with Gasteiger partial charge in [-0.1, -0.05) is 0 Å². The normalized spacial score (nSPS) is 15.4. The lowest BCUT2D eigenvalue weighted by atomic mass is 9.99. The molecule has 0 saturated heterocycles. The minimum absolute atomic E-state index is 0.0840. The van der Waals surface area contributed by atoms with Gasteiger partial charge in [-0.3, -0.25) is 0 Å². The fourth-order valence-electron chi connectivity index (χ4n) is 1.08. The maximum Gasteiger partial charge on any atom is 0.0624 e. The standard InChI is InChI=1S/C12H27NO2/c1-11(2,3)15-9-10(13)7-8-12(4,5)14-6/h10H,7-9,13H2,1-6H3. The van der Waals surface area contributed by atoms with Crippen LogP contribution < -0.4 is 5.73 Å². The van der Waals surface area contributed by atoms with Gasteiger partial charge in [-0.25, -0.2) is 0 Å². The molecule has 2 N–H and O–H groups in total. The van der Waals surface area contributed by atoms with Gasteiger partial charge in [0.25, 0.3) is 0 Å². The van der Waals surface area contributed by atoms with E-state index in [0.29, 0.717) is 6.61 Å². The van der Waals surface area contributed by atoms with Crippen LogP contribution in [0, 0.1) is 0 Å². The van der Waals surface area contributed by atoms with Crippen LogP contribution in [0.25, 0.3) is 0 Å². The molecule has 0 aliphatic rings. The summed E-state index contributed by atoms with van der Waals surface area (Å²) in [7, 11) is 1.73. The smallest absolute Gasteiger partial charge is 0.0624 e. The van der Waals surface area contributed by atoms with E-state index in [1.54, 1.807) is 7.11 Å². The summed E-state index contributed by atoms with van der Waals surface area (Å²) in [6, 6.07) is 0.0960. The van der Waals surface area contributed by atoms with Gasteiger partial charge < -0.3 is 15.2 Å². The molecule has 0 aromatic carbocycles. The van der Waals surface area contributed by atoms with E-state index in [2.05, 4.69) is 13.8 Å². The Morgan fingerprint density at radius 2 is 1.67 bits per heavy atom. The van der Waals surface area contributed by atoms with Crippen molar-refractivity contribution in [2.45, 2.75) is 64.7 Å². The average Bonchev–Trinajstić information content (AvgIpc) is 2.10. The van der Waals surface area contributed by atoms with Crippen molar-refractivity contribution in [3.63, 3.8) is 0 Å². The van der Waals surface area contributed by atoms with Gasteiger partial charge in [-0.05, 0) is 47.5 Å². The Kier molecular flexibility index (Phi) is 5.78. The summed E-state index contributed by atoms with van der Waals surface area (Å²) >= 11 is 0. The number of hydrogen-bond acceptors (Lipinski definition) is 3. The van der Waals surface area contributed by atoms with E-state index in [9.17, 15) is 0 Å². The number of nitrogens with two attached hydrogens (primary N) is 1. The Balaban J connectivity index is 3.71. The Morgan fingerprint density at radius 1 is 1.13 bits per heavy atom. The van der Waals surface area contributed by atoms with Gasteiger partial charge in [-0.15, -0.1) is 0 Å². The summed E-state index contributed by atoms with van der Waals surface area (Å²) in [4.78, 5) is 0. The highest BCUT2D eigenvalue weighted by Gasteiger charge is 2.19. The summed E-state index contributed by atoms with van der Waals surface area (Å²) in [6.45, 7) is 10.9. The van der Waals surface area contributed by atoms with Crippen LogP contribution in [-0.2, 0) is 9.47 Å². The topological polar surface area (TPSA) is 44.5 Å². The monoisotopic (exact) mass is 217 g/mol. The van der Waals surface area contributed by atoms with Crippen LogP contribution in [-0.4, -0.2) is 31.0 Å². The van der Waals surface area contributed by atoms with Crippen molar-refractivity contribution in [1.29, 1.82) is 0 Å². The first-order valence-electron chi connectivity index (χ1n) is 5.61. The Hall–Kier alpha value is -0.120. The number of methoxy groups -OCH3 is 1. The summed E-state index contributed by atoms with van der Waals surface area (Å²) in [5, 5.41) is 0. The van der Waals surface area contributed by atoms with Crippen molar-refractivity contribution in [2.24, 2.45) is 5.73 Å². The predicted molar refractivity (Wildman–Crippen MR) is 64.0 cm³/mol. The molecule has 1 unspecified atom stereocenters. The molecule has 0 rings (SSSR count). The van der Waals surface area contributed by atoms with E-state index in [1.807, 2.05) is 20.8 Å². The Labute approximate surface area is 94.3 Å². The summed E-state index contributed by atoms with van der Waals surface area (Å²) in [6.07, 6.45) is 1.88. The highest BCUT2D eigenvalue weighted by Crippen LogP contribution is 2.17. The lowest BCUT2D eigenvalue weighted by molar-refractivity contribution is -0.0189. The molecule has 0 bridgehead atoms. The molecular formula is C12H27NO2. The summed E-state index contributed by atoms with van der Waals surface area (Å²) in [5.41, 5.74) is 5.78. The van der Waals surface area contributed by atoms with Gasteiger partial charge in [0.2, 0.25) is 0 Å². The molecule has 0 heterocycles. The Morgan fingerprint density at radius 3 is 2.07 bits per heavy atom. The predicted octanol–water partition coefficient (Wildman–Crippen LogP) is 2.33. The fraction of sp³-hybridized carbons (Fsp3) is 1.00. The van der Waals surface area contributed by atoms with E-state index in [1.165, 1.54) is 0 Å². The zero-order valence-electron chi connectivity index (χ0n) is 11.1. The minimum Gasteiger partial charge on any atom is -0.379 e. The molecule has 0 amide bonds. The maximum absolute atomic E-state index is 5.96. The van der Waals surface area contributed by atoms with Gasteiger partial charge in [-0.2, -0.15) is 0 Å². The van der Waals surface area contributed by atoms with Crippen molar-refractivity contribution in [3.8, 4) is 0 Å². The lowest BCUT2D eigenvalue weighted by Crippen LogP contribution is -2.34. The molecule has 0 saturated carbocycles. The van der Waals surface area contributed by atoms with Crippen molar-refractivity contribution in [1.82, 2.24) is 0 Å². The minimum atomic E-state index is -0.103. The van der Waals surface area contributed by atoms with Gasteiger partial charge in [0, 0.05) is 13.2 Å². The van der Waals surface area contributed by atoms with Crippen LogP contribution in [0.2, 0.25) is 0 Å². The van der Waals surface area contributed by atoms with Crippen LogP contribution in [0.15, 0.2) is 0 Å². The molecule has 15 heavy (non-hydrogen) atoms. The zero-order chi connectivity index (χ0) is 12.1. The largest absolute Gasteiger partial charge is 0.379 e. The van der Waals surface area contributed by atoms with Crippen molar-refractivity contribution < 1.29 is 9.47 Å². The Bertz CT molecular complexity index is 173. The van der Waals surface area contributed by atoms with Crippen LogP contribution >= 0.6 is 0 Å². The van der Waals surface area contributed by atoms with Crippen molar-refractivity contribution in [2.75, 3.05) is 13.7 Å². The third kappa shape index (κ3) is 8.85. The first-order valence-corrected chi connectivity index (χ1v) is 5.61. The number of rotatable bonds is 6. The molecule has 0 aliphatic heterocycles.